The van der Waals surface area contributed by atoms with Gasteiger partial charge in [0, 0.05) is 12.1 Å². The maximum absolute atomic E-state index is 6.51. The highest BCUT2D eigenvalue weighted by Crippen LogP contribution is 2.27. The lowest BCUT2D eigenvalue weighted by atomic mass is 10.8. The Bertz CT molecular complexity index is 258. The van der Waals surface area contributed by atoms with E-state index in [-0.39, 0.29) is 12.6 Å². The summed E-state index contributed by atoms with van der Waals surface area (Å²) in [6.07, 6.45) is -0.129. The van der Waals surface area contributed by atoms with Gasteiger partial charge < -0.3 is 23.1 Å². The van der Waals surface area contributed by atoms with Crippen LogP contribution in [0.25, 0.3) is 0 Å². The van der Waals surface area contributed by atoms with Crippen molar-refractivity contribution >= 4 is 16.6 Å². The van der Waals surface area contributed by atoms with Crippen molar-refractivity contribution in [1.82, 2.24) is 0 Å². The van der Waals surface area contributed by atoms with Crippen LogP contribution in [0.15, 0.2) is 0 Å². The van der Waals surface area contributed by atoms with Crippen molar-refractivity contribution in [3.05, 3.63) is 0 Å². The molecule has 2 rings (SSSR count). The van der Waals surface area contributed by atoms with Crippen molar-refractivity contribution in [2.45, 2.75) is 50.9 Å². The van der Waals surface area contributed by atoms with E-state index >= 15 is 0 Å². The second-order valence-corrected chi connectivity index (χ2v) is 15.0. The monoisotopic (exact) mass is 306 g/mol. The summed E-state index contributed by atoms with van der Waals surface area (Å²) in [5.74, 6) is 0. The molecule has 7 heteroatoms. The lowest BCUT2D eigenvalue weighted by Crippen LogP contribution is -2.47. The molecule has 2 saturated heterocycles. The molecular formula is C12H26O5Si2. The molecule has 0 unspecified atom stereocenters. The predicted molar refractivity (Wildman–Crippen MR) is 77.0 cm³/mol. The number of hydrogen-bond donors (Lipinski definition) is 0. The number of rotatable bonds is 6. The Hall–Kier alpha value is 0.234. The van der Waals surface area contributed by atoms with Crippen LogP contribution in [0.5, 0.6) is 0 Å². The maximum atomic E-state index is 6.51. The van der Waals surface area contributed by atoms with E-state index in [2.05, 4.69) is 26.2 Å². The molecule has 2 aliphatic heterocycles. The largest absolute Gasteiger partial charge is 0.455 e. The van der Waals surface area contributed by atoms with Crippen molar-refractivity contribution in [2.75, 3.05) is 26.4 Å². The molecule has 0 radical (unpaired) electrons. The van der Waals surface area contributed by atoms with Gasteiger partial charge in [-0.1, -0.05) is 0 Å². The van der Waals surface area contributed by atoms with Crippen molar-refractivity contribution in [1.29, 1.82) is 0 Å². The highest BCUT2D eigenvalue weighted by Gasteiger charge is 2.38. The van der Waals surface area contributed by atoms with Gasteiger partial charge in [0.2, 0.25) is 0 Å². The molecule has 2 fully saturated rings. The maximum Gasteiger partial charge on any atom is 0.178 e. The SMILES string of the molecule is C[Si](C)(CC1OCCO1)O[Si](C)(C)CC1OCCO1. The van der Waals surface area contributed by atoms with Crippen LogP contribution in [0, 0.1) is 0 Å². The third kappa shape index (κ3) is 5.26. The first kappa shape index (κ1) is 15.6. The van der Waals surface area contributed by atoms with Gasteiger partial charge in [-0.05, 0) is 26.2 Å². The summed E-state index contributed by atoms with van der Waals surface area (Å²) in [5.41, 5.74) is 0. The fourth-order valence-corrected chi connectivity index (χ4v) is 11.4. The highest BCUT2D eigenvalue weighted by atomic mass is 28.4. The van der Waals surface area contributed by atoms with Gasteiger partial charge in [-0.15, -0.1) is 0 Å². The van der Waals surface area contributed by atoms with Gasteiger partial charge in [0.15, 0.2) is 29.2 Å². The van der Waals surface area contributed by atoms with Crippen molar-refractivity contribution < 1.29 is 23.1 Å². The third-order valence-electron chi connectivity index (χ3n) is 3.25. The number of ether oxygens (including phenoxy) is 4. The first-order chi connectivity index (χ1) is 8.86. The van der Waals surface area contributed by atoms with Gasteiger partial charge >= 0.3 is 0 Å². The Morgan fingerprint density at radius 3 is 1.37 bits per heavy atom. The van der Waals surface area contributed by atoms with Gasteiger partial charge in [0.1, 0.15) is 0 Å². The Morgan fingerprint density at radius 2 is 1.05 bits per heavy atom. The molecule has 0 amide bonds. The summed E-state index contributed by atoms with van der Waals surface area (Å²) in [4.78, 5) is 0. The van der Waals surface area contributed by atoms with Crippen molar-refractivity contribution in [2.24, 2.45) is 0 Å². The van der Waals surface area contributed by atoms with Crippen LogP contribution in [-0.4, -0.2) is 55.6 Å². The first-order valence-corrected chi connectivity index (χ1v) is 13.3. The van der Waals surface area contributed by atoms with E-state index in [1.807, 2.05) is 0 Å². The molecular weight excluding hydrogens is 280 g/mol. The molecule has 0 spiro atoms. The second-order valence-electron chi connectivity index (χ2n) is 6.37. The summed E-state index contributed by atoms with van der Waals surface area (Å²) >= 11 is 0. The fourth-order valence-electron chi connectivity index (χ4n) is 2.68. The summed E-state index contributed by atoms with van der Waals surface area (Å²) < 4.78 is 28.6. The minimum absolute atomic E-state index is 0.0644. The molecule has 0 aliphatic carbocycles. The Morgan fingerprint density at radius 1 is 0.737 bits per heavy atom. The summed E-state index contributed by atoms with van der Waals surface area (Å²) in [5, 5.41) is 0. The average molecular weight is 307 g/mol. The van der Waals surface area contributed by atoms with Crippen LogP contribution < -0.4 is 0 Å². The zero-order valence-corrected chi connectivity index (χ0v) is 14.4. The quantitative estimate of drug-likeness (QED) is 0.704. The lowest BCUT2D eigenvalue weighted by molar-refractivity contribution is -0.0296. The molecule has 112 valence electrons. The average Bonchev–Trinajstić information content (AvgIpc) is 2.87. The topological polar surface area (TPSA) is 46.2 Å². The summed E-state index contributed by atoms with van der Waals surface area (Å²) in [6, 6.07) is 1.80. The van der Waals surface area contributed by atoms with Gasteiger partial charge in [-0.2, -0.15) is 0 Å². The molecule has 5 nitrogen and oxygen atoms in total. The Labute approximate surface area is 117 Å². The van der Waals surface area contributed by atoms with Crippen molar-refractivity contribution in [3.63, 3.8) is 0 Å². The smallest absolute Gasteiger partial charge is 0.178 e. The van der Waals surface area contributed by atoms with E-state index in [4.69, 9.17) is 23.1 Å². The molecule has 0 N–H and O–H groups in total. The van der Waals surface area contributed by atoms with E-state index < -0.39 is 16.6 Å². The Kier molecular flexibility index (Phi) is 5.21. The van der Waals surface area contributed by atoms with Gasteiger partial charge in [0.25, 0.3) is 0 Å². The molecule has 2 heterocycles. The molecule has 2 aliphatic rings. The molecule has 0 aromatic rings. The molecule has 0 aromatic heterocycles. The van der Waals surface area contributed by atoms with Gasteiger partial charge in [-0.25, -0.2) is 0 Å². The van der Waals surface area contributed by atoms with Crippen LogP contribution in [0.1, 0.15) is 0 Å². The van der Waals surface area contributed by atoms with Crippen LogP contribution in [0.2, 0.25) is 38.3 Å². The van der Waals surface area contributed by atoms with Crippen molar-refractivity contribution in [3.8, 4) is 0 Å². The zero-order valence-electron chi connectivity index (χ0n) is 12.4. The zero-order chi connectivity index (χ0) is 13.9. The third-order valence-corrected chi connectivity index (χ3v) is 10.3. The van der Waals surface area contributed by atoms with E-state index in [1.165, 1.54) is 0 Å². The van der Waals surface area contributed by atoms with Crippen LogP contribution in [-0.2, 0) is 23.1 Å². The molecule has 0 atom stereocenters. The Balaban J connectivity index is 1.81. The standard InChI is InChI=1S/C12H26O5Si2/c1-18(2,9-11-13-5-6-14-11)17-19(3,4)10-12-15-7-8-16-12/h11-12H,5-10H2,1-4H3. The second kappa shape index (κ2) is 6.34. The minimum Gasteiger partial charge on any atom is -0.455 e. The highest BCUT2D eigenvalue weighted by molar-refractivity contribution is 6.85. The molecule has 0 bridgehead atoms. The lowest BCUT2D eigenvalue weighted by Gasteiger charge is -2.35. The number of hydrogen-bond acceptors (Lipinski definition) is 5. The minimum atomic E-state index is -1.78. The predicted octanol–water partition coefficient (Wildman–Crippen LogP) is 2.16. The molecule has 0 saturated carbocycles. The summed E-state index contributed by atoms with van der Waals surface area (Å²) in [6.45, 7) is 11.8. The van der Waals surface area contributed by atoms with E-state index in [0.717, 1.165) is 12.1 Å². The van der Waals surface area contributed by atoms with Gasteiger partial charge in [0.05, 0.1) is 26.4 Å². The van der Waals surface area contributed by atoms with E-state index in [1.54, 1.807) is 0 Å². The van der Waals surface area contributed by atoms with Crippen LogP contribution >= 0.6 is 0 Å². The normalized spacial score (nSPS) is 23.4. The van der Waals surface area contributed by atoms with E-state index in [0.29, 0.717) is 26.4 Å². The van der Waals surface area contributed by atoms with Crippen LogP contribution in [0.3, 0.4) is 0 Å². The fraction of sp³-hybridized carbons (Fsp3) is 1.00. The van der Waals surface area contributed by atoms with Gasteiger partial charge in [-0.3, -0.25) is 0 Å². The van der Waals surface area contributed by atoms with Crippen LogP contribution in [0.4, 0.5) is 0 Å². The van der Waals surface area contributed by atoms with E-state index in [9.17, 15) is 0 Å². The molecule has 19 heavy (non-hydrogen) atoms. The summed E-state index contributed by atoms with van der Waals surface area (Å²) in [7, 11) is -3.55. The first-order valence-electron chi connectivity index (χ1n) is 7.03. The molecule has 0 aromatic carbocycles.